The second kappa shape index (κ2) is 11.6. The van der Waals surface area contributed by atoms with E-state index in [4.69, 9.17) is 14.2 Å². The van der Waals surface area contributed by atoms with Gasteiger partial charge >= 0.3 is 0 Å². The molecule has 0 aliphatic rings. The van der Waals surface area contributed by atoms with Gasteiger partial charge < -0.3 is 24.6 Å². The van der Waals surface area contributed by atoms with Crippen LogP contribution >= 0.6 is 0 Å². The van der Waals surface area contributed by atoms with Gasteiger partial charge in [-0.25, -0.2) is 0 Å². The zero-order valence-electron chi connectivity index (χ0n) is 12.9. The number of ether oxygens (including phenoxy) is 3. The van der Waals surface area contributed by atoms with Crippen molar-refractivity contribution in [2.75, 3.05) is 46.6 Å². The van der Waals surface area contributed by atoms with Crippen molar-refractivity contribution >= 4 is 0 Å². The van der Waals surface area contributed by atoms with Crippen LogP contribution in [0, 0.1) is 0 Å². The normalized spacial score (nSPS) is 13.7. The molecule has 0 aromatic carbocycles. The van der Waals surface area contributed by atoms with Crippen molar-refractivity contribution in [1.29, 1.82) is 0 Å². The summed E-state index contributed by atoms with van der Waals surface area (Å²) >= 11 is 0. The number of hydrogen-bond acceptors (Lipinski definition) is 5. The molecule has 0 saturated heterocycles. The molecule has 116 valence electrons. The summed E-state index contributed by atoms with van der Waals surface area (Å²) in [5, 5.41) is 12.9. The minimum Gasteiger partial charge on any atom is -0.389 e. The molecule has 0 heterocycles. The fraction of sp³-hybridized carbons (Fsp3) is 1.00. The molecule has 1 unspecified atom stereocenters. The maximum absolute atomic E-state index is 9.69. The third kappa shape index (κ3) is 15.7. The molecule has 5 heteroatoms. The van der Waals surface area contributed by atoms with Gasteiger partial charge in [-0.3, -0.25) is 0 Å². The largest absolute Gasteiger partial charge is 0.389 e. The molecule has 1 atom stereocenters. The lowest BCUT2D eigenvalue weighted by atomic mass is 10.2. The van der Waals surface area contributed by atoms with Crippen molar-refractivity contribution in [1.82, 2.24) is 5.32 Å². The smallest absolute Gasteiger partial charge is 0.0897 e. The summed E-state index contributed by atoms with van der Waals surface area (Å²) in [6.45, 7) is 9.85. The first-order valence-corrected chi connectivity index (χ1v) is 7.05. The summed E-state index contributed by atoms with van der Waals surface area (Å²) in [6.07, 6.45) is 1.61. The molecule has 0 aromatic heterocycles. The van der Waals surface area contributed by atoms with Crippen molar-refractivity contribution in [3.63, 3.8) is 0 Å². The zero-order chi connectivity index (χ0) is 14.6. The van der Waals surface area contributed by atoms with Crippen LogP contribution in [0.2, 0.25) is 0 Å². The maximum atomic E-state index is 9.69. The van der Waals surface area contributed by atoms with Gasteiger partial charge in [0.15, 0.2) is 0 Å². The molecule has 0 aliphatic heterocycles. The van der Waals surface area contributed by atoms with Crippen LogP contribution in [0.4, 0.5) is 0 Å². The summed E-state index contributed by atoms with van der Waals surface area (Å²) in [5.41, 5.74) is -0.194. The highest BCUT2D eigenvalue weighted by molar-refractivity contribution is 4.64. The Hall–Kier alpha value is -0.200. The quantitative estimate of drug-likeness (QED) is 0.525. The topological polar surface area (TPSA) is 60.0 Å². The maximum Gasteiger partial charge on any atom is 0.0897 e. The van der Waals surface area contributed by atoms with Crippen molar-refractivity contribution in [3.05, 3.63) is 0 Å². The van der Waals surface area contributed by atoms with Crippen molar-refractivity contribution in [3.8, 4) is 0 Å². The SMILES string of the molecule is COCCOCCCCNCC(O)COC(C)(C)C. The van der Waals surface area contributed by atoms with Gasteiger partial charge in [0.25, 0.3) is 0 Å². The average Bonchev–Trinajstić information content (AvgIpc) is 2.33. The number of methoxy groups -OCH3 is 1. The number of rotatable bonds is 12. The Kier molecular flexibility index (Phi) is 11.5. The fourth-order valence-electron chi connectivity index (χ4n) is 1.37. The van der Waals surface area contributed by atoms with E-state index in [-0.39, 0.29) is 5.60 Å². The summed E-state index contributed by atoms with van der Waals surface area (Å²) in [4.78, 5) is 0. The average molecular weight is 277 g/mol. The van der Waals surface area contributed by atoms with Crippen molar-refractivity contribution in [2.24, 2.45) is 0 Å². The van der Waals surface area contributed by atoms with E-state index in [2.05, 4.69) is 5.32 Å². The highest BCUT2D eigenvalue weighted by atomic mass is 16.5. The summed E-state index contributed by atoms with van der Waals surface area (Å²) in [5.74, 6) is 0. The first-order chi connectivity index (χ1) is 8.95. The summed E-state index contributed by atoms with van der Waals surface area (Å²) in [7, 11) is 1.67. The Labute approximate surface area is 117 Å². The van der Waals surface area contributed by atoms with E-state index in [1.165, 1.54) is 0 Å². The predicted molar refractivity (Wildman–Crippen MR) is 76.5 cm³/mol. The highest BCUT2D eigenvalue weighted by Gasteiger charge is 2.13. The standard InChI is InChI=1S/C14H31NO4/c1-14(2,3)19-12-13(16)11-15-7-5-6-8-18-10-9-17-4/h13,15-16H,5-12H2,1-4H3. The van der Waals surface area contributed by atoms with Crippen molar-refractivity contribution in [2.45, 2.75) is 45.3 Å². The number of nitrogens with one attached hydrogen (secondary N) is 1. The zero-order valence-corrected chi connectivity index (χ0v) is 12.9. The molecule has 0 fully saturated rings. The Bertz CT molecular complexity index is 194. The van der Waals surface area contributed by atoms with Crippen LogP contribution in [0.25, 0.3) is 0 Å². The van der Waals surface area contributed by atoms with Crippen LogP contribution in [0.15, 0.2) is 0 Å². The van der Waals surface area contributed by atoms with Gasteiger partial charge in [-0.2, -0.15) is 0 Å². The molecule has 0 aliphatic carbocycles. The van der Waals surface area contributed by atoms with Crippen LogP contribution in [0.1, 0.15) is 33.6 Å². The van der Waals surface area contributed by atoms with E-state index < -0.39 is 6.10 Å². The predicted octanol–water partition coefficient (Wildman–Crippen LogP) is 1.20. The van der Waals surface area contributed by atoms with Crippen LogP contribution < -0.4 is 5.32 Å². The van der Waals surface area contributed by atoms with Gasteiger partial charge in [0.1, 0.15) is 0 Å². The molecule has 0 spiro atoms. The van der Waals surface area contributed by atoms with E-state index in [9.17, 15) is 5.11 Å². The van der Waals surface area contributed by atoms with Gasteiger partial charge in [0, 0.05) is 20.3 Å². The van der Waals surface area contributed by atoms with E-state index in [1.54, 1.807) is 7.11 Å². The lowest BCUT2D eigenvalue weighted by Gasteiger charge is -2.22. The number of aliphatic hydroxyl groups is 1. The van der Waals surface area contributed by atoms with Gasteiger partial charge in [-0.05, 0) is 40.2 Å². The summed E-state index contributed by atoms with van der Waals surface area (Å²) in [6, 6.07) is 0. The number of aliphatic hydroxyl groups excluding tert-OH is 1. The second-order valence-electron chi connectivity index (χ2n) is 5.59. The molecular weight excluding hydrogens is 246 g/mol. The molecule has 0 rings (SSSR count). The van der Waals surface area contributed by atoms with E-state index in [1.807, 2.05) is 20.8 Å². The Morgan fingerprint density at radius 1 is 1.11 bits per heavy atom. The Morgan fingerprint density at radius 3 is 2.47 bits per heavy atom. The fourth-order valence-corrected chi connectivity index (χ4v) is 1.37. The minimum absolute atomic E-state index is 0.194. The van der Waals surface area contributed by atoms with Gasteiger partial charge in [-0.1, -0.05) is 0 Å². The molecule has 0 radical (unpaired) electrons. The van der Waals surface area contributed by atoms with E-state index in [0.29, 0.717) is 26.4 Å². The molecule has 19 heavy (non-hydrogen) atoms. The molecule has 0 bridgehead atoms. The van der Waals surface area contributed by atoms with Crippen LogP contribution in [0.5, 0.6) is 0 Å². The first-order valence-electron chi connectivity index (χ1n) is 7.05. The van der Waals surface area contributed by atoms with E-state index >= 15 is 0 Å². The third-order valence-corrected chi connectivity index (χ3v) is 2.41. The number of hydrogen-bond donors (Lipinski definition) is 2. The molecule has 5 nitrogen and oxygen atoms in total. The first kappa shape index (κ1) is 18.8. The number of unbranched alkanes of at least 4 members (excludes halogenated alkanes) is 1. The van der Waals surface area contributed by atoms with Gasteiger partial charge in [-0.15, -0.1) is 0 Å². The lowest BCUT2D eigenvalue weighted by Crippen LogP contribution is -2.34. The lowest BCUT2D eigenvalue weighted by molar-refractivity contribution is -0.0478. The van der Waals surface area contributed by atoms with Crippen LogP contribution in [-0.2, 0) is 14.2 Å². The Morgan fingerprint density at radius 2 is 1.84 bits per heavy atom. The van der Waals surface area contributed by atoms with Gasteiger partial charge in [0.2, 0.25) is 0 Å². The molecule has 0 aromatic rings. The third-order valence-electron chi connectivity index (χ3n) is 2.41. The van der Waals surface area contributed by atoms with Crippen molar-refractivity contribution < 1.29 is 19.3 Å². The monoisotopic (exact) mass is 277 g/mol. The van der Waals surface area contributed by atoms with Gasteiger partial charge in [0.05, 0.1) is 31.5 Å². The second-order valence-corrected chi connectivity index (χ2v) is 5.59. The summed E-state index contributed by atoms with van der Waals surface area (Å²) < 4.78 is 15.7. The molecule has 0 amide bonds. The van der Waals surface area contributed by atoms with E-state index in [0.717, 1.165) is 26.0 Å². The Balaban J connectivity index is 3.21. The van der Waals surface area contributed by atoms with Crippen LogP contribution in [0.3, 0.4) is 0 Å². The molecule has 0 saturated carbocycles. The molecular formula is C14H31NO4. The van der Waals surface area contributed by atoms with Crippen LogP contribution in [-0.4, -0.2) is 63.4 Å². The highest BCUT2D eigenvalue weighted by Crippen LogP contribution is 2.06. The minimum atomic E-state index is -0.447. The molecule has 2 N–H and O–H groups in total.